The number of fused-ring (bicyclic) bond motifs is 1. The van der Waals surface area contributed by atoms with Gasteiger partial charge in [0.2, 0.25) is 5.43 Å². The van der Waals surface area contributed by atoms with E-state index in [0.717, 1.165) is 36.8 Å². The van der Waals surface area contributed by atoms with Crippen molar-refractivity contribution in [2.45, 2.75) is 38.1 Å². The summed E-state index contributed by atoms with van der Waals surface area (Å²) >= 11 is 0. The average molecular weight is 345 g/mol. The second kappa shape index (κ2) is 7.80. The number of aryl methyl sites for hydroxylation is 1. The van der Waals surface area contributed by atoms with Gasteiger partial charge in [-0.05, 0) is 49.8 Å². The van der Waals surface area contributed by atoms with Crippen molar-refractivity contribution < 1.29 is 19.7 Å². The third kappa shape index (κ3) is 4.08. The number of aliphatic hydroxyl groups excluding tert-OH is 1. The minimum Gasteiger partial charge on any atom is -0.477 e. The number of aliphatic hydroxyl groups is 1. The van der Waals surface area contributed by atoms with Crippen LogP contribution in [0.1, 0.15) is 47.6 Å². The van der Waals surface area contributed by atoms with Gasteiger partial charge in [-0.2, -0.15) is 0 Å². The second-order valence-electron chi connectivity index (χ2n) is 6.46. The molecule has 1 saturated carbocycles. The summed E-state index contributed by atoms with van der Waals surface area (Å²) in [6.07, 6.45) is 5.73. The predicted molar refractivity (Wildman–Crippen MR) is 94.3 cm³/mol. The molecule has 1 heterocycles. The number of carboxylic acid groups (broad SMARTS) is 1. The highest BCUT2D eigenvalue weighted by atomic mass is 16.5. The van der Waals surface area contributed by atoms with E-state index in [1.165, 1.54) is 6.20 Å². The first-order chi connectivity index (χ1) is 12.1. The van der Waals surface area contributed by atoms with Gasteiger partial charge in [0.1, 0.15) is 5.56 Å². The van der Waals surface area contributed by atoms with Crippen LogP contribution in [0.5, 0.6) is 0 Å². The number of pyridine rings is 1. The zero-order chi connectivity index (χ0) is 17.8. The maximum Gasteiger partial charge on any atom is 0.341 e. The molecule has 134 valence electrons. The van der Waals surface area contributed by atoms with Crippen molar-refractivity contribution in [2.75, 3.05) is 19.8 Å². The molecule has 0 aliphatic heterocycles. The molecule has 0 unspecified atom stereocenters. The molecule has 0 amide bonds. The highest BCUT2D eigenvalue weighted by Crippen LogP contribution is 2.37. The molecule has 3 rings (SSSR count). The van der Waals surface area contributed by atoms with Crippen molar-refractivity contribution in [3.63, 3.8) is 0 Å². The number of ether oxygens (including phenoxy) is 1. The topological polar surface area (TPSA) is 88.8 Å². The molecule has 6 heteroatoms. The van der Waals surface area contributed by atoms with Crippen molar-refractivity contribution in [3.05, 3.63) is 45.7 Å². The normalized spacial score (nSPS) is 14.1. The fraction of sp³-hybridized carbons (Fsp3) is 0.474. The summed E-state index contributed by atoms with van der Waals surface area (Å²) in [4.78, 5) is 23.9. The molecule has 1 aliphatic rings. The van der Waals surface area contributed by atoms with Gasteiger partial charge in [-0.15, -0.1) is 0 Å². The molecule has 0 bridgehead atoms. The number of hydrogen-bond acceptors (Lipinski definition) is 4. The van der Waals surface area contributed by atoms with Crippen LogP contribution in [0.15, 0.2) is 29.2 Å². The first-order valence-corrected chi connectivity index (χ1v) is 8.71. The summed E-state index contributed by atoms with van der Waals surface area (Å²) in [5.41, 5.74) is 1.23. The van der Waals surface area contributed by atoms with E-state index in [0.29, 0.717) is 31.1 Å². The third-order valence-electron chi connectivity index (χ3n) is 4.47. The first kappa shape index (κ1) is 17.6. The minimum absolute atomic E-state index is 0.129. The van der Waals surface area contributed by atoms with Crippen LogP contribution in [0, 0.1) is 0 Å². The molecule has 25 heavy (non-hydrogen) atoms. The Morgan fingerprint density at radius 2 is 2.00 bits per heavy atom. The molecule has 0 saturated heterocycles. The minimum atomic E-state index is -1.18. The van der Waals surface area contributed by atoms with Crippen LogP contribution in [0.3, 0.4) is 0 Å². The highest BCUT2D eigenvalue weighted by Gasteiger charge is 2.26. The number of hydrogen-bond donors (Lipinski definition) is 2. The van der Waals surface area contributed by atoms with Gasteiger partial charge < -0.3 is 19.5 Å². The number of carbonyl (C=O) groups is 1. The van der Waals surface area contributed by atoms with E-state index in [2.05, 4.69) is 0 Å². The van der Waals surface area contributed by atoms with E-state index in [9.17, 15) is 14.7 Å². The summed E-state index contributed by atoms with van der Waals surface area (Å²) in [6, 6.07) is 6.03. The van der Waals surface area contributed by atoms with Crippen LogP contribution in [0.2, 0.25) is 0 Å². The van der Waals surface area contributed by atoms with E-state index in [1.54, 1.807) is 0 Å². The Morgan fingerprint density at radius 1 is 1.24 bits per heavy atom. The van der Waals surface area contributed by atoms with Crippen molar-refractivity contribution >= 4 is 16.9 Å². The van der Waals surface area contributed by atoms with Crippen molar-refractivity contribution in [1.82, 2.24) is 4.57 Å². The quantitative estimate of drug-likeness (QED) is 0.681. The zero-order valence-electron chi connectivity index (χ0n) is 14.1. The van der Waals surface area contributed by atoms with Crippen LogP contribution in [0.4, 0.5) is 0 Å². The van der Waals surface area contributed by atoms with Gasteiger partial charge in [0.15, 0.2) is 0 Å². The Bertz CT molecular complexity index is 822. The number of aromatic carboxylic acids is 1. The Kier molecular flexibility index (Phi) is 5.50. The molecule has 1 aromatic heterocycles. The predicted octanol–water partition coefficient (Wildman–Crippen LogP) is 2.37. The molecule has 1 fully saturated rings. The largest absolute Gasteiger partial charge is 0.477 e. The number of aromatic nitrogens is 1. The summed E-state index contributed by atoms with van der Waals surface area (Å²) in [5.74, 6) is -1.18. The number of benzene rings is 1. The van der Waals surface area contributed by atoms with Gasteiger partial charge in [0, 0.05) is 37.4 Å². The maximum absolute atomic E-state index is 12.5. The number of rotatable bonds is 9. The molecular weight excluding hydrogens is 322 g/mol. The van der Waals surface area contributed by atoms with E-state index in [1.807, 2.05) is 22.8 Å². The maximum atomic E-state index is 12.5. The van der Waals surface area contributed by atoms with Gasteiger partial charge in [0.05, 0.1) is 5.52 Å². The summed E-state index contributed by atoms with van der Waals surface area (Å²) in [6.45, 7) is 1.27. The van der Waals surface area contributed by atoms with E-state index in [-0.39, 0.29) is 12.2 Å². The van der Waals surface area contributed by atoms with Crippen LogP contribution in [-0.4, -0.2) is 40.6 Å². The van der Waals surface area contributed by atoms with E-state index < -0.39 is 11.4 Å². The van der Waals surface area contributed by atoms with Crippen LogP contribution < -0.4 is 5.43 Å². The van der Waals surface area contributed by atoms with Gasteiger partial charge >= 0.3 is 5.97 Å². The molecule has 0 spiro atoms. The van der Waals surface area contributed by atoms with Crippen molar-refractivity contribution in [1.29, 1.82) is 0 Å². The zero-order valence-corrected chi connectivity index (χ0v) is 14.1. The van der Waals surface area contributed by atoms with E-state index in [4.69, 9.17) is 9.84 Å². The Balaban J connectivity index is 1.82. The lowest BCUT2D eigenvalue weighted by atomic mass is 10.0. The fourth-order valence-corrected chi connectivity index (χ4v) is 3.01. The van der Waals surface area contributed by atoms with Crippen molar-refractivity contribution in [2.24, 2.45) is 0 Å². The summed E-state index contributed by atoms with van der Waals surface area (Å²) in [5, 5.41) is 18.5. The Morgan fingerprint density at radius 3 is 2.68 bits per heavy atom. The molecule has 2 aromatic rings. The standard InChI is InChI=1S/C19H23NO5/c21-8-2-10-25-9-1-3-13-4-7-17-15(11-13)18(22)16(19(23)24)12-20(17)14-5-6-14/h4,7,11-12,14,21H,1-3,5-6,8-10H2,(H,23,24). The van der Waals surface area contributed by atoms with Crippen LogP contribution >= 0.6 is 0 Å². The number of nitrogens with zero attached hydrogens (tertiary/aromatic N) is 1. The highest BCUT2D eigenvalue weighted by molar-refractivity contribution is 5.92. The fourth-order valence-electron chi connectivity index (χ4n) is 3.01. The smallest absolute Gasteiger partial charge is 0.341 e. The van der Waals surface area contributed by atoms with Crippen LogP contribution in [-0.2, 0) is 11.2 Å². The van der Waals surface area contributed by atoms with Crippen LogP contribution in [0.25, 0.3) is 10.9 Å². The Labute approximate surface area is 145 Å². The first-order valence-electron chi connectivity index (χ1n) is 8.71. The molecule has 6 nitrogen and oxygen atoms in total. The Hall–Kier alpha value is -2.18. The van der Waals surface area contributed by atoms with Gasteiger partial charge in [-0.3, -0.25) is 4.79 Å². The third-order valence-corrected chi connectivity index (χ3v) is 4.47. The van der Waals surface area contributed by atoms with Gasteiger partial charge in [-0.25, -0.2) is 4.79 Å². The van der Waals surface area contributed by atoms with Crippen molar-refractivity contribution in [3.8, 4) is 0 Å². The van der Waals surface area contributed by atoms with E-state index >= 15 is 0 Å². The lowest BCUT2D eigenvalue weighted by molar-refractivity contribution is 0.0695. The average Bonchev–Trinajstić information content (AvgIpc) is 3.43. The summed E-state index contributed by atoms with van der Waals surface area (Å²) in [7, 11) is 0. The molecular formula is C19H23NO5. The molecule has 2 N–H and O–H groups in total. The second-order valence-corrected chi connectivity index (χ2v) is 6.46. The van der Waals surface area contributed by atoms with Gasteiger partial charge in [0.25, 0.3) is 0 Å². The molecule has 1 aromatic carbocycles. The lowest BCUT2D eigenvalue weighted by Gasteiger charge is -2.12. The lowest BCUT2D eigenvalue weighted by Crippen LogP contribution is -2.18. The SMILES string of the molecule is O=C(O)c1cn(C2CC2)c2ccc(CCCOCCCO)cc2c1=O. The summed E-state index contributed by atoms with van der Waals surface area (Å²) < 4.78 is 7.35. The number of carboxylic acids is 1. The van der Waals surface area contributed by atoms with Gasteiger partial charge in [-0.1, -0.05) is 6.07 Å². The molecule has 0 atom stereocenters. The molecule has 0 radical (unpaired) electrons. The monoisotopic (exact) mass is 345 g/mol. The molecule has 1 aliphatic carbocycles.